The van der Waals surface area contributed by atoms with Crippen LogP contribution >= 0.6 is 0 Å². The third-order valence-electron chi connectivity index (χ3n) is 10.6. The number of para-hydroxylation sites is 4. The zero-order valence-electron chi connectivity index (χ0n) is 30.7. The number of hydrogen-bond donors (Lipinski definition) is 0. The highest BCUT2D eigenvalue weighted by Gasteiger charge is 2.19. The fraction of sp³-hybridized carbons (Fsp3) is 0.0385. The van der Waals surface area contributed by atoms with Crippen LogP contribution in [0.2, 0.25) is 0 Å². The summed E-state index contributed by atoms with van der Waals surface area (Å²) in [6, 6.07) is 63.3. The monoisotopic (exact) mass is 716 g/mol. The number of aromatic nitrogens is 4. The molecule has 0 N–H and O–H groups in total. The van der Waals surface area contributed by atoms with Crippen molar-refractivity contribution in [2.75, 3.05) is 0 Å². The summed E-state index contributed by atoms with van der Waals surface area (Å²) in [6.07, 6.45) is 6.55. The van der Waals surface area contributed by atoms with Gasteiger partial charge in [-0.1, -0.05) is 170 Å². The maximum atomic E-state index is 5.13. The van der Waals surface area contributed by atoms with E-state index in [4.69, 9.17) is 19.9 Å². The maximum Gasteiger partial charge on any atom is 0.0973 e. The van der Waals surface area contributed by atoms with E-state index in [1.54, 1.807) is 0 Å². The van der Waals surface area contributed by atoms with Crippen LogP contribution in [0.4, 0.5) is 0 Å². The SMILES string of the molecule is C1=CC(c2ccc(-c3nc4ccccc4nc3-c3ccccc3)cc2)=C(c2ccccc2-c2ccc(-c3nc4ccccc4nc3-c3ccccc3)cc2)CC1. The van der Waals surface area contributed by atoms with Gasteiger partial charge in [-0.2, -0.15) is 0 Å². The van der Waals surface area contributed by atoms with Crippen LogP contribution < -0.4 is 0 Å². The number of benzene rings is 7. The molecule has 2 heterocycles. The van der Waals surface area contributed by atoms with E-state index in [0.29, 0.717) is 0 Å². The molecule has 7 aromatic carbocycles. The van der Waals surface area contributed by atoms with Gasteiger partial charge in [0.1, 0.15) is 0 Å². The van der Waals surface area contributed by atoms with Gasteiger partial charge >= 0.3 is 0 Å². The predicted octanol–water partition coefficient (Wildman–Crippen LogP) is 13.2. The molecule has 1 aliphatic carbocycles. The molecule has 0 fully saturated rings. The van der Waals surface area contributed by atoms with Crippen LogP contribution in [0.1, 0.15) is 24.0 Å². The normalized spacial score (nSPS) is 12.7. The van der Waals surface area contributed by atoms with Crippen LogP contribution in [-0.4, -0.2) is 19.9 Å². The Labute approximate surface area is 326 Å². The third-order valence-corrected chi connectivity index (χ3v) is 10.6. The summed E-state index contributed by atoms with van der Waals surface area (Å²) in [4.78, 5) is 20.4. The number of fused-ring (bicyclic) bond motifs is 2. The van der Waals surface area contributed by atoms with Crippen molar-refractivity contribution < 1.29 is 0 Å². The summed E-state index contributed by atoms with van der Waals surface area (Å²) >= 11 is 0. The van der Waals surface area contributed by atoms with Crippen LogP contribution in [0.5, 0.6) is 0 Å². The first-order valence-corrected chi connectivity index (χ1v) is 19.1. The lowest BCUT2D eigenvalue weighted by Gasteiger charge is -2.20. The first kappa shape index (κ1) is 33.3. The molecule has 2 aromatic heterocycles. The second-order valence-electron chi connectivity index (χ2n) is 14.1. The van der Waals surface area contributed by atoms with Gasteiger partial charge in [0.15, 0.2) is 0 Å². The summed E-state index contributed by atoms with van der Waals surface area (Å²) in [5.74, 6) is 0. The molecular weight excluding hydrogens is 681 g/mol. The molecule has 0 atom stereocenters. The quantitative estimate of drug-likeness (QED) is 0.165. The largest absolute Gasteiger partial charge is 0.244 e. The summed E-state index contributed by atoms with van der Waals surface area (Å²) < 4.78 is 0. The van der Waals surface area contributed by atoms with E-state index in [1.165, 1.54) is 33.4 Å². The molecule has 1 aliphatic rings. The molecular formula is C52H36N4. The Morgan fingerprint density at radius 2 is 0.661 bits per heavy atom. The van der Waals surface area contributed by atoms with Crippen molar-refractivity contribution in [3.8, 4) is 56.2 Å². The van der Waals surface area contributed by atoms with E-state index < -0.39 is 0 Å². The highest BCUT2D eigenvalue weighted by Crippen LogP contribution is 2.41. The number of hydrogen-bond acceptors (Lipinski definition) is 4. The highest BCUT2D eigenvalue weighted by molar-refractivity contribution is 6.00. The molecule has 0 bridgehead atoms. The van der Waals surface area contributed by atoms with Crippen molar-refractivity contribution in [2.24, 2.45) is 0 Å². The van der Waals surface area contributed by atoms with E-state index in [0.717, 1.165) is 79.9 Å². The molecule has 0 spiro atoms. The van der Waals surface area contributed by atoms with Crippen molar-refractivity contribution in [1.29, 1.82) is 0 Å². The van der Waals surface area contributed by atoms with Gasteiger partial charge < -0.3 is 0 Å². The first-order valence-electron chi connectivity index (χ1n) is 19.1. The fourth-order valence-corrected chi connectivity index (χ4v) is 7.82. The van der Waals surface area contributed by atoms with Gasteiger partial charge in [-0.15, -0.1) is 0 Å². The molecule has 4 nitrogen and oxygen atoms in total. The highest BCUT2D eigenvalue weighted by atomic mass is 14.8. The van der Waals surface area contributed by atoms with Crippen molar-refractivity contribution in [3.05, 3.63) is 205 Å². The minimum absolute atomic E-state index is 0.881. The second-order valence-corrected chi connectivity index (χ2v) is 14.1. The lowest BCUT2D eigenvalue weighted by atomic mass is 9.84. The maximum absolute atomic E-state index is 5.13. The standard InChI is InChI=1S/C52H36N4/c1-3-15-37(16-4-1)49-51(55-47-25-13-11-23-45(47)53-49)39-31-27-35(28-32-39)41-19-7-9-21-43(41)44-22-10-8-20-42(44)36-29-33-40(34-30-36)52-50(38-17-5-2-6-18-38)54-46-24-12-14-26-48(46)56-52/h1-9,11-21,23-34H,10,22H2. The molecule has 10 rings (SSSR count). The van der Waals surface area contributed by atoms with Crippen molar-refractivity contribution >= 4 is 33.2 Å². The first-order chi connectivity index (χ1) is 27.8. The third kappa shape index (κ3) is 6.27. The van der Waals surface area contributed by atoms with Crippen LogP contribution in [0.25, 0.3) is 89.4 Å². The smallest absolute Gasteiger partial charge is 0.0973 e. The predicted molar refractivity (Wildman–Crippen MR) is 231 cm³/mol. The van der Waals surface area contributed by atoms with Crippen LogP contribution in [-0.2, 0) is 0 Å². The zero-order chi connectivity index (χ0) is 37.3. The Hall–Kier alpha value is -7.30. The van der Waals surface area contributed by atoms with Crippen LogP contribution in [0, 0.1) is 0 Å². The Morgan fingerprint density at radius 3 is 1.12 bits per heavy atom. The molecule has 56 heavy (non-hydrogen) atoms. The molecule has 0 saturated carbocycles. The van der Waals surface area contributed by atoms with Gasteiger partial charge in [-0.3, -0.25) is 0 Å². The molecule has 0 radical (unpaired) electrons. The average Bonchev–Trinajstić information content (AvgIpc) is 3.29. The van der Waals surface area contributed by atoms with Gasteiger partial charge in [-0.25, -0.2) is 19.9 Å². The van der Waals surface area contributed by atoms with Crippen molar-refractivity contribution in [2.45, 2.75) is 12.8 Å². The summed E-state index contributed by atoms with van der Waals surface area (Å²) in [7, 11) is 0. The van der Waals surface area contributed by atoms with E-state index in [2.05, 4.69) is 133 Å². The Morgan fingerprint density at radius 1 is 0.304 bits per heavy atom. The molecule has 0 aliphatic heterocycles. The summed E-state index contributed by atoms with van der Waals surface area (Å²) in [5, 5.41) is 0. The molecule has 0 saturated heterocycles. The van der Waals surface area contributed by atoms with Gasteiger partial charge in [-0.05, 0) is 70.5 Å². The topological polar surface area (TPSA) is 51.6 Å². The molecule has 264 valence electrons. The molecule has 4 heteroatoms. The lowest BCUT2D eigenvalue weighted by molar-refractivity contribution is 1.06. The van der Waals surface area contributed by atoms with E-state index in [1.807, 2.05) is 60.7 Å². The Balaban J connectivity index is 1.02. The van der Waals surface area contributed by atoms with E-state index in [-0.39, 0.29) is 0 Å². The van der Waals surface area contributed by atoms with E-state index >= 15 is 0 Å². The fourth-order valence-electron chi connectivity index (χ4n) is 7.82. The Kier molecular flexibility index (Phi) is 8.62. The minimum atomic E-state index is 0.881. The molecule has 0 amide bonds. The van der Waals surface area contributed by atoms with Gasteiger partial charge in [0.05, 0.1) is 44.8 Å². The van der Waals surface area contributed by atoms with Gasteiger partial charge in [0, 0.05) is 22.3 Å². The van der Waals surface area contributed by atoms with Crippen molar-refractivity contribution in [3.63, 3.8) is 0 Å². The van der Waals surface area contributed by atoms with Crippen molar-refractivity contribution in [1.82, 2.24) is 19.9 Å². The minimum Gasteiger partial charge on any atom is -0.244 e. The number of nitrogens with zero attached hydrogens (tertiary/aromatic N) is 4. The number of rotatable bonds is 7. The van der Waals surface area contributed by atoms with Crippen LogP contribution in [0.15, 0.2) is 194 Å². The number of allylic oxidation sites excluding steroid dienone is 4. The van der Waals surface area contributed by atoms with Gasteiger partial charge in [0.25, 0.3) is 0 Å². The Bertz CT molecular complexity index is 2930. The van der Waals surface area contributed by atoms with Crippen LogP contribution in [0.3, 0.4) is 0 Å². The summed E-state index contributed by atoms with van der Waals surface area (Å²) in [6.45, 7) is 0. The molecule has 9 aromatic rings. The van der Waals surface area contributed by atoms with Gasteiger partial charge in [0.2, 0.25) is 0 Å². The summed E-state index contributed by atoms with van der Waals surface area (Å²) in [5.41, 5.74) is 18.7. The molecule has 0 unspecified atom stereocenters. The second kappa shape index (κ2) is 14.5. The zero-order valence-corrected chi connectivity index (χ0v) is 30.7. The average molecular weight is 717 g/mol. The van der Waals surface area contributed by atoms with E-state index in [9.17, 15) is 0 Å². The lowest BCUT2D eigenvalue weighted by Crippen LogP contribution is -1.98.